The second-order valence-electron chi connectivity index (χ2n) is 4.43. The molecule has 0 atom stereocenters. The van der Waals surface area contributed by atoms with Crippen molar-refractivity contribution >= 4 is 22.7 Å². The van der Waals surface area contributed by atoms with Crippen LogP contribution in [0.4, 0.5) is 4.39 Å². The summed E-state index contributed by atoms with van der Waals surface area (Å²) < 4.78 is 15.4. The molecule has 3 aromatic rings. The maximum absolute atomic E-state index is 14.2. The summed E-state index contributed by atoms with van der Waals surface area (Å²) in [6.45, 7) is 1.94. The number of hydrogen-bond acceptors (Lipinski definition) is 5. The Balaban J connectivity index is 1.83. The molecule has 0 fully saturated rings. The van der Waals surface area contributed by atoms with E-state index < -0.39 is 0 Å². The Kier molecular flexibility index (Phi) is 3.74. The topological polar surface area (TPSA) is 63.8 Å². The average molecular weight is 304 g/mol. The van der Waals surface area contributed by atoms with Gasteiger partial charge < -0.3 is 5.11 Å². The van der Waals surface area contributed by atoms with Crippen molar-refractivity contribution in [3.8, 4) is 5.88 Å². The van der Waals surface area contributed by atoms with Crippen molar-refractivity contribution < 1.29 is 9.50 Å². The summed E-state index contributed by atoms with van der Waals surface area (Å²) in [5, 5.41) is 14.6. The first-order valence-corrected chi connectivity index (χ1v) is 7.46. The Bertz CT molecular complexity index is 790. The van der Waals surface area contributed by atoms with E-state index in [-0.39, 0.29) is 17.7 Å². The zero-order chi connectivity index (χ0) is 14.8. The van der Waals surface area contributed by atoms with Gasteiger partial charge in [0.25, 0.3) is 0 Å². The summed E-state index contributed by atoms with van der Waals surface area (Å²) in [5.41, 5.74) is 1.36. The van der Waals surface area contributed by atoms with E-state index in [0.717, 1.165) is 5.69 Å². The van der Waals surface area contributed by atoms with Crippen LogP contribution in [0.15, 0.2) is 35.5 Å². The van der Waals surface area contributed by atoms with E-state index in [1.54, 1.807) is 18.2 Å². The van der Waals surface area contributed by atoms with Gasteiger partial charge in [0.05, 0.1) is 16.8 Å². The summed E-state index contributed by atoms with van der Waals surface area (Å²) in [6, 6.07) is 8.57. The summed E-state index contributed by atoms with van der Waals surface area (Å²) in [5.74, 6) is -0.211. The maximum Gasteiger partial charge on any atom is 0.220 e. The smallest absolute Gasteiger partial charge is 0.220 e. The van der Waals surface area contributed by atoms with Gasteiger partial charge in [-0.25, -0.2) is 9.67 Å². The monoisotopic (exact) mass is 304 g/mol. The van der Waals surface area contributed by atoms with Crippen LogP contribution in [0, 0.1) is 5.95 Å². The molecule has 1 aromatic carbocycles. The van der Waals surface area contributed by atoms with Gasteiger partial charge >= 0.3 is 0 Å². The molecule has 0 saturated heterocycles. The van der Waals surface area contributed by atoms with E-state index in [0.29, 0.717) is 22.5 Å². The number of nitrogens with zero attached hydrogens (tertiary/aromatic N) is 4. The molecule has 0 spiro atoms. The Labute approximate surface area is 124 Å². The van der Waals surface area contributed by atoms with Gasteiger partial charge in [0.2, 0.25) is 11.8 Å². The first kappa shape index (κ1) is 13.8. The highest BCUT2D eigenvalue weighted by molar-refractivity contribution is 7.98. The largest absolute Gasteiger partial charge is 0.493 e. The van der Waals surface area contributed by atoms with E-state index in [2.05, 4.69) is 15.1 Å². The quantitative estimate of drug-likeness (QED) is 0.593. The van der Waals surface area contributed by atoms with Crippen LogP contribution in [0.2, 0.25) is 0 Å². The molecule has 0 bridgehead atoms. The van der Waals surface area contributed by atoms with Crippen LogP contribution in [0.1, 0.15) is 12.6 Å². The molecule has 0 aliphatic heterocycles. The van der Waals surface area contributed by atoms with Gasteiger partial charge in [-0.3, -0.25) is 0 Å². The molecule has 108 valence electrons. The Hall–Kier alpha value is -2.15. The van der Waals surface area contributed by atoms with Crippen molar-refractivity contribution in [2.75, 3.05) is 0 Å². The third kappa shape index (κ3) is 2.82. The zero-order valence-electron chi connectivity index (χ0n) is 11.3. The second kappa shape index (κ2) is 5.69. The molecule has 0 saturated carbocycles. The van der Waals surface area contributed by atoms with Crippen molar-refractivity contribution in [3.05, 3.63) is 42.0 Å². The number of benzene rings is 1. The van der Waals surface area contributed by atoms with Crippen molar-refractivity contribution in [1.29, 1.82) is 0 Å². The van der Waals surface area contributed by atoms with Crippen LogP contribution in [0.25, 0.3) is 10.9 Å². The Morgan fingerprint density at radius 1 is 1.29 bits per heavy atom. The fourth-order valence-electron chi connectivity index (χ4n) is 1.96. The number of thioether (sulfide) groups is 1. The van der Waals surface area contributed by atoms with Gasteiger partial charge in [-0.15, -0.1) is 0 Å². The van der Waals surface area contributed by atoms with Crippen LogP contribution >= 0.6 is 11.8 Å². The molecule has 0 radical (unpaired) electrons. The molecule has 2 aromatic heterocycles. The van der Waals surface area contributed by atoms with Crippen LogP contribution in [0.5, 0.6) is 5.88 Å². The molecule has 5 nitrogen and oxygen atoms in total. The van der Waals surface area contributed by atoms with E-state index in [1.807, 2.05) is 13.0 Å². The molecular weight excluding hydrogens is 291 g/mol. The number of fused-ring (bicyclic) bond motifs is 1. The average Bonchev–Trinajstić information content (AvgIpc) is 2.81. The van der Waals surface area contributed by atoms with Crippen LogP contribution in [-0.4, -0.2) is 24.9 Å². The lowest BCUT2D eigenvalue weighted by atomic mass is 10.3. The van der Waals surface area contributed by atoms with Crippen LogP contribution in [0.3, 0.4) is 0 Å². The fraction of sp³-hybridized carbons (Fsp3) is 0.214. The third-order valence-electron chi connectivity index (χ3n) is 3.00. The summed E-state index contributed by atoms with van der Waals surface area (Å²) in [6.07, 6.45) is 0.698. The highest BCUT2D eigenvalue weighted by atomic mass is 32.2. The molecule has 0 aliphatic carbocycles. The number of rotatable bonds is 4. The first-order valence-electron chi connectivity index (χ1n) is 6.48. The van der Waals surface area contributed by atoms with Gasteiger partial charge in [-0.1, -0.05) is 30.8 Å². The SMILES string of the molecule is CCc1cc(O)nc(SCn2nc3ccccc3c2F)n1. The van der Waals surface area contributed by atoms with E-state index in [9.17, 15) is 9.50 Å². The highest BCUT2D eigenvalue weighted by Crippen LogP contribution is 2.22. The number of halogens is 1. The lowest BCUT2D eigenvalue weighted by molar-refractivity contribution is 0.443. The van der Waals surface area contributed by atoms with Crippen molar-refractivity contribution in [1.82, 2.24) is 19.7 Å². The first-order chi connectivity index (χ1) is 10.2. The number of aromatic hydroxyl groups is 1. The summed E-state index contributed by atoms with van der Waals surface area (Å²) >= 11 is 1.22. The van der Waals surface area contributed by atoms with Crippen molar-refractivity contribution in [2.45, 2.75) is 24.4 Å². The van der Waals surface area contributed by atoms with E-state index >= 15 is 0 Å². The third-order valence-corrected chi connectivity index (χ3v) is 3.82. The highest BCUT2D eigenvalue weighted by Gasteiger charge is 2.11. The molecular formula is C14H13FN4OS. The van der Waals surface area contributed by atoms with Gasteiger partial charge in [0.15, 0.2) is 5.16 Å². The Morgan fingerprint density at radius 2 is 2.10 bits per heavy atom. The van der Waals surface area contributed by atoms with Gasteiger partial charge in [0, 0.05) is 11.8 Å². The predicted molar refractivity (Wildman–Crippen MR) is 78.6 cm³/mol. The van der Waals surface area contributed by atoms with Crippen molar-refractivity contribution in [3.63, 3.8) is 0 Å². The van der Waals surface area contributed by atoms with Gasteiger partial charge in [-0.2, -0.15) is 14.5 Å². The minimum atomic E-state index is -0.381. The fourth-order valence-corrected chi connectivity index (χ4v) is 2.71. The standard InChI is InChI=1S/C14H13FN4OS/c1-2-9-7-12(20)17-14(16-9)21-8-19-13(15)10-5-3-4-6-11(10)18-19/h3-7H,2,8H2,1H3,(H,16,17,20). The summed E-state index contributed by atoms with van der Waals surface area (Å²) in [7, 11) is 0. The molecule has 21 heavy (non-hydrogen) atoms. The molecule has 0 amide bonds. The zero-order valence-corrected chi connectivity index (χ0v) is 12.1. The molecule has 1 N–H and O–H groups in total. The minimum Gasteiger partial charge on any atom is -0.493 e. The van der Waals surface area contributed by atoms with Crippen molar-refractivity contribution in [2.24, 2.45) is 0 Å². The Morgan fingerprint density at radius 3 is 2.86 bits per heavy atom. The maximum atomic E-state index is 14.2. The molecule has 3 rings (SSSR count). The lowest BCUT2D eigenvalue weighted by Crippen LogP contribution is -2.01. The molecule has 7 heteroatoms. The van der Waals surface area contributed by atoms with Crippen LogP contribution in [-0.2, 0) is 12.3 Å². The number of aromatic nitrogens is 4. The van der Waals surface area contributed by atoms with Crippen LogP contribution < -0.4 is 0 Å². The molecule has 0 aliphatic rings. The van der Waals surface area contributed by atoms with Gasteiger partial charge in [0.1, 0.15) is 0 Å². The lowest BCUT2D eigenvalue weighted by Gasteiger charge is -2.04. The molecule has 0 unspecified atom stereocenters. The molecule has 2 heterocycles. The summed E-state index contributed by atoms with van der Waals surface area (Å²) in [4.78, 5) is 8.20. The normalized spacial score (nSPS) is 11.1. The predicted octanol–water partition coefficient (Wildman–Crippen LogP) is 2.98. The van der Waals surface area contributed by atoms with E-state index in [1.165, 1.54) is 22.5 Å². The minimum absolute atomic E-state index is 0.0737. The number of aryl methyl sites for hydroxylation is 1. The second-order valence-corrected chi connectivity index (χ2v) is 5.35. The number of hydrogen-bond donors (Lipinski definition) is 1. The van der Waals surface area contributed by atoms with E-state index in [4.69, 9.17) is 0 Å². The van der Waals surface area contributed by atoms with Gasteiger partial charge in [-0.05, 0) is 18.6 Å².